The SMILES string of the molecule is C=C(C(=O)OC1CCC(C(=O)Oc2ccc(C(=O)O)cc2)CC1)C(=O)OC1CCC(C(=O)Oc2ccc(C(=O)O)cc2)CC1. The number of ether oxygens (including phenoxy) is 4. The molecule has 2 N–H and O–H groups in total. The maximum atomic E-state index is 12.5. The average Bonchev–Trinajstić information content (AvgIpc) is 3.01. The zero-order chi connectivity index (χ0) is 31.8. The van der Waals surface area contributed by atoms with Crippen LogP contribution in [0.2, 0.25) is 0 Å². The number of carbonyl (C=O) groups excluding carboxylic acids is 4. The van der Waals surface area contributed by atoms with Crippen LogP contribution in [0.4, 0.5) is 0 Å². The van der Waals surface area contributed by atoms with Crippen LogP contribution in [0.25, 0.3) is 0 Å². The summed E-state index contributed by atoms with van der Waals surface area (Å²) < 4.78 is 21.6. The Morgan fingerprint density at radius 1 is 0.545 bits per heavy atom. The maximum absolute atomic E-state index is 12.5. The normalized spacial score (nSPS) is 21.3. The van der Waals surface area contributed by atoms with Crippen molar-refractivity contribution < 1.29 is 57.9 Å². The third-order valence-corrected chi connectivity index (χ3v) is 7.69. The van der Waals surface area contributed by atoms with Gasteiger partial charge in [-0.1, -0.05) is 6.58 Å². The number of carbonyl (C=O) groups is 6. The van der Waals surface area contributed by atoms with E-state index >= 15 is 0 Å². The van der Waals surface area contributed by atoms with E-state index in [1.807, 2.05) is 0 Å². The van der Waals surface area contributed by atoms with Gasteiger partial charge in [0.1, 0.15) is 29.3 Å². The van der Waals surface area contributed by atoms with Crippen molar-refractivity contribution in [2.24, 2.45) is 11.8 Å². The summed E-state index contributed by atoms with van der Waals surface area (Å²) in [6.45, 7) is 3.53. The summed E-state index contributed by atoms with van der Waals surface area (Å²) >= 11 is 0. The van der Waals surface area contributed by atoms with Crippen LogP contribution in [-0.4, -0.2) is 58.2 Å². The third-order valence-electron chi connectivity index (χ3n) is 7.69. The molecule has 0 atom stereocenters. The minimum atomic E-state index is -1.08. The standard InChI is InChI=1S/C32H32O12/c1-18(29(37)41-23-14-6-21(7-15-23)31(39)43-25-10-2-19(3-11-25)27(33)34)30(38)42-24-16-8-22(9-17-24)32(40)44-26-12-4-20(5-13-26)28(35)36/h2-5,10-13,21-24H,1,6-9,14-17H2,(H,33,34)(H,35,36). The van der Waals surface area contributed by atoms with Gasteiger partial charge in [0.2, 0.25) is 0 Å². The van der Waals surface area contributed by atoms with Crippen molar-refractivity contribution in [3.63, 3.8) is 0 Å². The van der Waals surface area contributed by atoms with Crippen LogP contribution in [0, 0.1) is 11.8 Å². The topological polar surface area (TPSA) is 180 Å². The van der Waals surface area contributed by atoms with Gasteiger partial charge in [-0.3, -0.25) is 9.59 Å². The highest BCUT2D eigenvalue weighted by molar-refractivity contribution is 6.13. The monoisotopic (exact) mass is 608 g/mol. The maximum Gasteiger partial charge on any atom is 0.345 e. The molecule has 0 heterocycles. The van der Waals surface area contributed by atoms with E-state index in [-0.39, 0.29) is 22.6 Å². The average molecular weight is 609 g/mol. The molecule has 232 valence electrons. The third kappa shape index (κ3) is 8.52. The predicted molar refractivity (Wildman–Crippen MR) is 151 cm³/mol. The highest BCUT2D eigenvalue weighted by Gasteiger charge is 2.33. The lowest BCUT2D eigenvalue weighted by atomic mass is 9.87. The van der Waals surface area contributed by atoms with Crippen LogP contribution >= 0.6 is 0 Å². The number of aromatic carboxylic acids is 2. The number of rotatable bonds is 10. The number of hydrogen-bond donors (Lipinski definition) is 2. The second-order valence-corrected chi connectivity index (χ2v) is 10.7. The molecule has 2 saturated carbocycles. The van der Waals surface area contributed by atoms with Crippen LogP contribution in [-0.2, 0) is 28.7 Å². The Hall–Kier alpha value is -5.00. The molecule has 0 spiro atoms. The van der Waals surface area contributed by atoms with Crippen molar-refractivity contribution in [2.45, 2.75) is 63.6 Å². The van der Waals surface area contributed by atoms with Crippen molar-refractivity contribution in [3.8, 4) is 11.5 Å². The molecule has 0 unspecified atom stereocenters. The molecular weight excluding hydrogens is 576 g/mol. The molecule has 12 nitrogen and oxygen atoms in total. The van der Waals surface area contributed by atoms with E-state index in [2.05, 4.69) is 6.58 Å². The number of carboxylic acids is 2. The first-order valence-electron chi connectivity index (χ1n) is 14.2. The summed E-state index contributed by atoms with van der Waals surface area (Å²) in [5, 5.41) is 17.9. The number of carboxylic acid groups (broad SMARTS) is 2. The molecule has 2 aromatic rings. The van der Waals surface area contributed by atoms with Gasteiger partial charge < -0.3 is 29.2 Å². The van der Waals surface area contributed by atoms with Gasteiger partial charge in [-0.15, -0.1) is 0 Å². The summed E-state index contributed by atoms with van der Waals surface area (Å²) in [5.41, 5.74) is -0.289. The van der Waals surface area contributed by atoms with Crippen LogP contribution in [0.3, 0.4) is 0 Å². The quantitative estimate of drug-likeness (QED) is 0.128. The first kappa shape index (κ1) is 31.9. The summed E-state index contributed by atoms with van der Waals surface area (Å²) in [5.74, 6) is -5.23. The smallest absolute Gasteiger partial charge is 0.345 e. The van der Waals surface area contributed by atoms with Crippen LogP contribution in [0.5, 0.6) is 11.5 Å². The Morgan fingerprint density at radius 3 is 1.16 bits per heavy atom. The van der Waals surface area contributed by atoms with E-state index in [1.165, 1.54) is 48.5 Å². The first-order chi connectivity index (χ1) is 21.0. The predicted octanol–water partition coefficient (Wildman–Crippen LogP) is 4.35. The van der Waals surface area contributed by atoms with Crippen molar-refractivity contribution in [2.75, 3.05) is 0 Å². The van der Waals surface area contributed by atoms with Gasteiger partial charge >= 0.3 is 35.8 Å². The summed E-state index contributed by atoms with van der Waals surface area (Å²) in [6.07, 6.45) is 2.14. The minimum Gasteiger partial charge on any atom is -0.478 e. The highest BCUT2D eigenvalue weighted by atomic mass is 16.6. The zero-order valence-corrected chi connectivity index (χ0v) is 23.8. The van der Waals surface area contributed by atoms with E-state index in [0.717, 1.165) is 0 Å². The Bertz CT molecular complexity index is 1300. The lowest BCUT2D eigenvalue weighted by Gasteiger charge is -2.28. The number of benzene rings is 2. The molecule has 2 aromatic carbocycles. The van der Waals surface area contributed by atoms with Gasteiger partial charge in [0.25, 0.3) is 0 Å². The summed E-state index contributed by atoms with van der Waals surface area (Å²) in [7, 11) is 0. The molecule has 2 aliphatic carbocycles. The molecule has 0 aliphatic heterocycles. The molecule has 4 rings (SSSR count). The summed E-state index contributed by atoms with van der Waals surface area (Å²) in [4.78, 5) is 72.0. The first-order valence-corrected chi connectivity index (χ1v) is 14.2. The Kier molecular flexibility index (Phi) is 10.5. The Morgan fingerprint density at radius 2 is 0.864 bits per heavy atom. The van der Waals surface area contributed by atoms with E-state index in [1.54, 1.807) is 0 Å². The van der Waals surface area contributed by atoms with Gasteiger partial charge in [0, 0.05) is 0 Å². The highest BCUT2D eigenvalue weighted by Crippen LogP contribution is 2.30. The molecule has 44 heavy (non-hydrogen) atoms. The fraction of sp³-hybridized carbons (Fsp3) is 0.375. The summed E-state index contributed by atoms with van der Waals surface area (Å²) in [6, 6.07) is 11.0. The van der Waals surface area contributed by atoms with E-state index in [9.17, 15) is 28.8 Å². The van der Waals surface area contributed by atoms with Crippen LogP contribution in [0.1, 0.15) is 72.1 Å². The molecule has 0 bridgehead atoms. The van der Waals surface area contributed by atoms with Crippen LogP contribution in [0.15, 0.2) is 60.7 Å². The Labute approximate surface area is 252 Å². The molecular formula is C32H32O12. The second kappa shape index (κ2) is 14.5. The van der Waals surface area contributed by atoms with Gasteiger partial charge in [0.05, 0.1) is 23.0 Å². The molecule has 2 fully saturated rings. The lowest BCUT2D eigenvalue weighted by Crippen LogP contribution is -2.33. The van der Waals surface area contributed by atoms with Gasteiger partial charge in [0.15, 0.2) is 0 Å². The van der Waals surface area contributed by atoms with Crippen LogP contribution < -0.4 is 9.47 Å². The minimum absolute atomic E-state index is 0.0762. The van der Waals surface area contributed by atoms with E-state index < -0.39 is 65.4 Å². The molecule has 2 aliphatic rings. The fourth-order valence-electron chi connectivity index (χ4n) is 5.09. The molecule has 0 aromatic heterocycles. The van der Waals surface area contributed by atoms with Crippen molar-refractivity contribution >= 4 is 35.8 Å². The molecule has 12 heteroatoms. The zero-order valence-electron chi connectivity index (χ0n) is 23.8. The van der Waals surface area contributed by atoms with E-state index in [4.69, 9.17) is 29.2 Å². The van der Waals surface area contributed by atoms with Crippen molar-refractivity contribution in [1.29, 1.82) is 0 Å². The molecule has 0 amide bonds. The second-order valence-electron chi connectivity index (χ2n) is 10.7. The molecule has 0 radical (unpaired) electrons. The van der Waals surface area contributed by atoms with Gasteiger partial charge in [-0.2, -0.15) is 0 Å². The molecule has 0 saturated heterocycles. The Balaban J connectivity index is 1.14. The van der Waals surface area contributed by atoms with Gasteiger partial charge in [-0.05, 0) is 99.9 Å². The number of hydrogen-bond acceptors (Lipinski definition) is 10. The van der Waals surface area contributed by atoms with Gasteiger partial charge in [-0.25, -0.2) is 19.2 Å². The van der Waals surface area contributed by atoms with Crippen molar-refractivity contribution in [1.82, 2.24) is 0 Å². The fourth-order valence-corrected chi connectivity index (χ4v) is 5.09. The van der Waals surface area contributed by atoms with E-state index in [0.29, 0.717) is 51.4 Å². The largest absolute Gasteiger partial charge is 0.478 e. The number of esters is 4. The van der Waals surface area contributed by atoms with Crippen molar-refractivity contribution in [3.05, 3.63) is 71.8 Å². The lowest BCUT2D eigenvalue weighted by molar-refractivity contribution is -0.155.